The van der Waals surface area contributed by atoms with Gasteiger partial charge < -0.3 is 5.32 Å². The Labute approximate surface area is 193 Å². The van der Waals surface area contributed by atoms with Crippen molar-refractivity contribution in [2.24, 2.45) is 10.2 Å². The van der Waals surface area contributed by atoms with Crippen LogP contribution in [-0.4, -0.2) is 11.9 Å². The highest BCUT2D eigenvalue weighted by Gasteiger charge is 2.33. The molecule has 0 saturated carbocycles. The number of rotatable bonds is 9. The fraction of sp³-hybridized carbons (Fsp3) is 0.435. The Balaban J connectivity index is 1.75. The van der Waals surface area contributed by atoms with Crippen LogP contribution in [0, 0.1) is 0 Å². The van der Waals surface area contributed by atoms with E-state index >= 15 is 0 Å². The van der Waals surface area contributed by atoms with E-state index in [0.29, 0.717) is 27.9 Å². The number of benzene rings is 2. The van der Waals surface area contributed by atoms with Crippen LogP contribution in [-0.2, 0) is 4.79 Å². The number of halogens is 3. The Morgan fingerprint density at radius 2 is 1.77 bits per heavy atom. The second-order valence-corrected chi connectivity index (χ2v) is 8.90. The minimum Gasteiger partial charge on any atom is -0.347 e. The van der Waals surface area contributed by atoms with Crippen molar-refractivity contribution in [2.45, 2.75) is 63.6 Å². The third kappa shape index (κ3) is 6.19. The summed E-state index contributed by atoms with van der Waals surface area (Å²) in [5.74, 6) is 0.00672. The predicted molar refractivity (Wildman–Crippen MR) is 124 cm³/mol. The summed E-state index contributed by atoms with van der Waals surface area (Å²) in [5.41, 5.74) is 1.86. The molecular formula is C23H26Cl3N3O. The lowest BCUT2D eigenvalue weighted by Gasteiger charge is -2.24. The molecule has 1 amide bonds. The van der Waals surface area contributed by atoms with Crippen molar-refractivity contribution in [2.75, 3.05) is 0 Å². The maximum atomic E-state index is 12.6. The van der Waals surface area contributed by atoms with E-state index in [9.17, 15) is 4.79 Å². The second-order valence-electron chi connectivity index (χ2n) is 7.62. The van der Waals surface area contributed by atoms with E-state index in [-0.39, 0.29) is 24.0 Å². The van der Waals surface area contributed by atoms with Crippen LogP contribution in [0.4, 0.5) is 0 Å². The first-order chi connectivity index (χ1) is 14.5. The monoisotopic (exact) mass is 465 g/mol. The molecule has 0 saturated heterocycles. The number of hydrogen-bond donors (Lipinski definition) is 1. The number of hydrogen-bond acceptors (Lipinski definition) is 3. The molecular weight excluding hydrogens is 441 g/mol. The molecule has 1 aliphatic rings. The lowest BCUT2D eigenvalue weighted by molar-refractivity contribution is -0.122. The third-order valence-electron chi connectivity index (χ3n) is 5.33. The quantitative estimate of drug-likeness (QED) is 0.377. The van der Waals surface area contributed by atoms with Crippen molar-refractivity contribution < 1.29 is 4.79 Å². The van der Waals surface area contributed by atoms with Gasteiger partial charge in [0.1, 0.15) is 0 Å². The minimum absolute atomic E-state index is 0.00672. The van der Waals surface area contributed by atoms with Crippen LogP contribution < -0.4 is 5.32 Å². The molecule has 2 aromatic rings. The van der Waals surface area contributed by atoms with Gasteiger partial charge in [0.15, 0.2) is 0 Å². The molecule has 3 atom stereocenters. The Morgan fingerprint density at radius 1 is 1.03 bits per heavy atom. The molecule has 2 aromatic carbocycles. The minimum atomic E-state index is -0.352. The lowest BCUT2D eigenvalue weighted by Crippen LogP contribution is -2.35. The number of nitrogens with one attached hydrogen (secondary N) is 1. The Bertz CT molecular complexity index is 886. The highest BCUT2D eigenvalue weighted by atomic mass is 35.5. The molecule has 1 aliphatic heterocycles. The molecule has 0 bridgehead atoms. The SMILES string of the molecule is CCCCCCC(=O)NC(c1ccc(Cl)cc1Cl)C1CC(c2ccc(Cl)cc2)N=N1. The van der Waals surface area contributed by atoms with E-state index in [4.69, 9.17) is 34.8 Å². The molecule has 1 N–H and O–H groups in total. The average molecular weight is 467 g/mol. The van der Waals surface area contributed by atoms with Crippen LogP contribution in [0.2, 0.25) is 15.1 Å². The summed E-state index contributed by atoms with van der Waals surface area (Å²) < 4.78 is 0. The lowest BCUT2D eigenvalue weighted by atomic mass is 9.93. The molecule has 0 aliphatic carbocycles. The van der Waals surface area contributed by atoms with Gasteiger partial charge in [0.2, 0.25) is 5.91 Å². The summed E-state index contributed by atoms with van der Waals surface area (Å²) in [6.45, 7) is 2.15. The maximum absolute atomic E-state index is 12.6. The summed E-state index contributed by atoms with van der Waals surface area (Å²) in [6.07, 6.45) is 5.38. The average Bonchev–Trinajstić information content (AvgIpc) is 3.20. The number of azo groups is 1. The van der Waals surface area contributed by atoms with Crippen molar-refractivity contribution in [1.82, 2.24) is 5.32 Å². The van der Waals surface area contributed by atoms with E-state index in [1.807, 2.05) is 30.3 Å². The van der Waals surface area contributed by atoms with Gasteiger partial charge >= 0.3 is 0 Å². The predicted octanol–water partition coefficient (Wildman–Crippen LogP) is 7.74. The second kappa shape index (κ2) is 11.1. The van der Waals surface area contributed by atoms with Crippen molar-refractivity contribution in [1.29, 1.82) is 0 Å². The van der Waals surface area contributed by atoms with E-state index < -0.39 is 0 Å². The number of amides is 1. The zero-order valence-electron chi connectivity index (χ0n) is 17.0. The van der Waals surface area contributed by atoms with Crippen LogP contribution in [0.15, 0.2) is 52.7 Å². The van der Waals surface area contributed by atoms with Gasteiger partial charge in [0.25, 0.3) is 0 Å². The zero-order chi connectivity index (χ0) is 21.5. The largest absolute Gasteiger partial charge is 0.347 e. The fourth-order valence-corrected chi connectivity index (χ4v) is 4.32. The van der Waals surface area contributed by atoms with E-state index in [1.165, 1.54) is 0 Å². The van der Waals surface area contributed by atoms with Gasteiger partial charge in [-0.1, -0.05) is 79.2 Å². The maximum Gasteiger partial charge on any atom is 0.220 e. The number of nitrogens with zero attached hydrogens (tertiary/aromatic N) is 2. The molecule has 30 heavy (non-hydrogen) atoms. The Kier molecular flexibility index (Phi) is 8.55. The summed E-state index contributed by atoms with van der Waals surface area (Å²) in [6, 6.07) is 12.3. The number of unbranched alkanes of at least 4 members (excludes halogenated alkanes) is 3. The van der Waals surface area contributed by atoms with Gasteiger partial charge in [-0.15, -0.1) is 0 Å². The molecule has 4 nitrogen and oxygen atoms in total. The van der Waals surface area contributed by atoms with E-state index in [2.05, 4.69) is 22.5 Å². The molecule has 0 radical (unpaired) electrons. The third-order valence-corrected chi connectivity index (χ3v) is 6.14. The van der Waals surface area contributed by atoms with Crippen molar-refractivity contribution in [3.63, 3.8) is 0 Å². The first kappa shape index (κ1) is 23.1. The van der Waals surface area contributed by atoms with Gasteiger partial charge in [-0.2, -0.15) is 10.2 Å². The molecule has 1 heterocycles. The first-order valence-corrected chi connectivity index (χ1v) is 11.5. The number of carbonyl (C=O) groups is 1. The van der Waals surface area contributed by atoms with Gasteiger partial charge in [0.05, 0.1) is 18.1 Å². The van der Waals surface area contributed by atoms with Crippen molar-refractivity contribution >= 4 is 40.7 Å². The van der Waals surface area contributed by atoms with Gasteiger partial charge in [-0.3, -0.25) is 4.79 Å². The van der Waals surface area contributed by atoms with E-state index in [0.717, 1.165) is 36.8 Å². The summed E-state index contributed by atoms with van der Waals surface area (Å²) >= 11 is 18.6. The van der Waals surface area contributed by atoms with Gasteiger partial charge in [0, 0.05) is 27.9 Å². The highest BCUT2D eigenvalue weighted by Crippen LogP contribution is 2.38. The van der Waals surface area contributed by atoms with Gasteiger partial charge in [-0.25, -0.2) is 0 Å². The Hall–Kier alpha value is -1.62. The molecule has 0 spiro atoms. The van der Waals surface area contributed by atoms with Crippen LogP contribution in [0.3, 0.4) is 0 Å². The molecule has 7 heteroatoms. The molecule has 160 valence electrons. The highest BCUT2D eigenvalue weighted by molar-refractivity contribution is 6.35. The molecule has 0 aromatic heterocycles. The van der Waals surface area contributed by atoms with Crippen LogP contribution in [0.25, 0.3) is 0 Å². The van der Waals surface area contributed by atoms with Crippen LogP contribution >= 0.6 is 34.8 Å². The first-order valence-electron chi connectivity index (χ1n) is 10.4. The summed E-state index contributed by atoms with van der Waals surface area (Å²) in [7, 11) is 0. The summed E-state index contributed by atoms with van der Waals surface area (Å²) in [4.78, 5) is 12.6. The normalized spacial score (nSPS) is 19.1. The van der Waals surface area contributed by atoms with Crippen molar-refractivity contribution in [3.05, 3.63) is 68.7 Å². The van der Waals surface area contributed by atoms with Crippen LogP contribution in [0.5, 0.6) is 0 Å². The van der Waals surface area contributed by atoms with Crippen molar-refractivity contribution in [3.8, 4) is 0 Å². The fourth-order valence-electron chi connectivity index (χ4n) is 3.67. The van der Waals surface area contributed by atoms with Gasteiger partial charge in [-0.05, 0) is 41.8 Å². The summed E-state index contributed by atoms with van der Waals surface area (Å²) in [5, 5.41) is 13.9. The van der Waals surface area contributed by atoms with E-state index in [1.54, 1.807) is 12.1 Å². The molecule has 3 unspecified atom stereocenters. The number of carbonyl (C=O) groups excluding carboxylic acids is 1. The zero-order valence-corrected chi connectivity index (χ0v) is 19.2. The molecule has 3 rings (SSSR count). The molecule has 0 fully saturated rings. The Morgan fingerprint density at radius 3 is 2.47 bits per heavy atom. The topological polar surface area (TPSA) is 53.8 Å². The standard InChI is InChI=1S/C23H26Cl3N3O/c1-2-3-4-5-6-22(30)27-23(18-12-11-17(25)13-19(18)26)21-14-20(28-29-21)15-7-9-16(24)10-8-15/h7-13,20-21,23H,2-6,14H2,1H3,(H,27,30). The smallest absolute Gasteiger partial charge is 0.220 e. The van der Waals surface area contributed by atoms with Crippen LogP contribution in [0.1, 0.15) is 68.7 Å².